The smallest absolute Gasteiger partial charge is 0.243 e. The van der Waals surface area contributed by atoms with Gasteiger partial charge in [-0.1, -0.05) is 23.7 Å². The molecule has 0 spiro atoms. The number of pyridine rings is 1. The molecule has 2 aromatic carbocycles. The maximum absolute atomic E-state index is 13.3. The molecule has 0 aliphatic carbocycles. The van der Waals surface area contributed by atoms with Crippen LogP contribution in [0.15, 0.2) is 65.8 Å². The van der Waals surface area contributed by atoms with Crippen LogP contribution in [0.25, 0.3) is 10.8 Å². The number of hydrogen-bond donors (Lipinski definition) is 2. The first-order valence-corrected chi connectivity index (χ1v) is 13.7. The standard InChI is InChI=1S/C25H30ClN5O3S/c26-22-3-1-21-16-24(4-2-20(21)15-22)35(33,34)30-13-14-31(25(32)18-30)28-23-7-11-29(12-8-23)17-19-5-9-27-10-6-19/h1-6,9-10,15-16,23,25,28,32H,7-8,11-14,17-18H2. The Morgan fingerprint density at radius 3 is 2.43 bits per heavy atom. The first-order chi connectivity index (χ1) is 16.9. The summed E-state index contributed by atoms with van der Waals surface area (Å²) in [7, 11) is -3.72. The summed E-state index contributed by atoms with van der Waals surface area (Å²) < 4.78 is 27.9. The van der Waals surface area contributed by atoms with Gasteiger partial charge in [0.1, 0.15) is 6.23 Å². The van der Waals surface area contributed by atoms with E-state index >= 15 is 0 Å². The lowest BCUT2D eigenvalue weighted by molar-refractivity contribution is -0.0785. The molecule has 186 valence electrons. The quantitative estimate of drug-likeness (QED) is 0.521. The number of nitrogens with one attached hydrogen (secondary N) is 1. The Balaban J connectivity index is 1.15. The summed E-state index contributed by atoms with van der Waals surface area (Å²) in [5, 5.41) is 14.9. The van der Waals surface area contributed by atoms with Gasteiger partial charge in [0.05, 0.1) is 11.4 Å². The van der Waals surface area contributed by atoms with Crippen LogP contribution in [0, 0.1) is 0 Å². The second-order valence-corrected chi connectivity index (χ2v) is 11.6. The Kier molecular flexibility index (Phi) is 7.36. The van der Waals surface area contributed by atoms with Crippen LogP contribution in [0.4, 0.5) is 0 Å². The average molecular weight is 516 g/mol. The topological polar surface area (TPSA) is 89.0 Å². The van der Waals surface area contributed by atoms with Gasteiger partial charge in [-0.3, -0.25) is 9.88 Å². The van der Waals surface area contributed by atoms with Crippen molar-refractivity contribution in [1.82, 2.24) is 24.6 Å². The first-order valence-electron chi connectivity index (χ1n) is 11.9. The second-order valence-electron chi connectivity index (χ2n) is 9.23. The Labute approximate surface area is 211 Å². The Morgan fingerprint density at radius 2 is 1.69 bits per heavy atom. The van der Waals surface area contributed by atoms with Gasteiger partial charge < -0.3 is 5.11 Å². The summed E-state index contributed by atoms with van der Waals surface area (Å²) in [6.45, 7) is 3.60. The zero-order valence-electron chi connectivity index (χ0n) is 19.4. The van der Waals surface area contributed by atoms with Crippen molar-refractivity contribution in [3.05, 3.63) is 71.5 Å². The number of aliphatic hydroxyl groups is 1. The zero-order valence-corrected chi connectivity index (χ0v) is 21.0. The van der Waals surface area contributed by atoms with Gasteiger partial charge in [-0.05, 0) is 65.6 Å². The summed E-state index contributed by atoms with van der Waals surface area (Å²) in [4.78, 5) is 6.72. The Bertz CT molecular complexity index is 1270. The summed E-state index contributed by atoms with van der Waals surface area (Å²) in [6.07, 6.45) is 4.67. The number of rotatable bonds is 6. The maximum Gasteiger partial charge on any atom is 0.243 e. The number of aliphatic hydroxyl groups excluding tert-OH is 1. The van der Waals surface area contributed by atoms with E-state index in [0.29, 0.717) is 18.1 Å². The number of benzene rings is 2. The van der Waals surface area contributed by atoms with E-state index in [1.54, 1.807) is 29.3 Å². The normalized spacial score (nSPS) is 21.5. The molecule has 0 radical (unpaired) electrons. The van der Waals surface area contributed by atoms with Crippen LogP contribution in [0.1, 0.15) is 18.4 Å². The molecule has 5 rings (SSSR count). The Morgan fingerprint density at radius 1 is 0.971 bits per heavy atom. The zero-order chi connectivity index (χ0) is 24.4. The highest BCUT2D eigenvalue weighted by molar-refractivity contribution is 7.89. The molecular weight excluding hydrogens is 486 g/mol. The van der Waals surface area contributed by atoms with Crippen LogP contribution in [0.2, 0.25) is 5.02 Å². The van der Waals surface area contributed by atoms with E-state index in [1.807, 2.05) is 36.7 Å². The molecule has 2 aliphatic heterocycles. The fourth-order valence-electron chi connectivity index (χ4n) is 4.81. The predicted molar refractivity (Wildman–Crippen MR) is 136 cm³/mol. The number of hydrogen-bond acceptors (Lipinski definition) is 7. The molecule has 3 aromatic rings. The molecule has 2 fully saturated rings. The number of hydrazine groups is 1. The Hall–Kier alpha value is -2.11. The molecule has 0 saturated carbocycles. The number of β-amino-alcohol motifs (C(OH)–C–C–N with tert-alkyl or cyclic N) is 1. The predicted octanol–water partition coefficient (Wildman–Crippen LogP) is 2.68. The summed E-state index contributed by atoms with van der Waals surface area (Å²) in [5.41, 5.74) is 4.70. The summed E-state index contributed by atoms with van der Waals surface area (Å²) in [5.74, 6) is 0. The van der Waals surface area contributed by atoms with Gasteiger partial charge in [0.2, 0.25) is 10.0 Å². The largest absolute Gasteiger partial charge is 0.376 e. The lowest BCUT2D eigenvalue weighted by Crippen LogP contribution is -2.61. The molecule has 8 nitrogen and oxygen atoms in total. The molecule has 0 amide bonds. The van der Waals surface area contributed by atoms with Gasteiger partial charge in [-0.2, -0.15) is 4.31 Å². The van der Waals surface area contributed by atoms with Crippen molar-refractivity contribution >= 4 is 32.4 Å². The fourth-order valence-corrected chi connectivity index (χ4v) is 6.46. The van der Waals surface area contributed by atoms with E-state index in [2.05, 4.69) is 15.3 Å². The second kappa shape index (κ2) is 10.5. The van der Waals surface area contributed by atoms with E-state index in [0.717, 1.165) is 43.2 Å². The van der Waals surface area contributed by atoms with Gasteiger partial charge in [0.15, 0.2) is 0 Å². The summed E-state index contributed by atoms with van der Waals surface area (Å²) in [6, 6.07) is 14.8. The van der Waals surface area contributed by atoms with Crippen molar-refractivity contribution in [2.24, 2.45) is 0 Å². The number of sulfonamides is 1. The first kappa shape index (κ1) is 24.6. The van der Waals surface area contributed by atoms with Crippen molar-refractivity contribution in [2.75, 3.05) is 32.7 Å². The van der Waals surface area contributed by atoms with E-state index in [-0.39, 0.29) is 17.5 Å². The third-order valence-corrected chi connectivity index (χ3v) is 8.92. The molecule has 1 atom stereocenters. The minimum atomic E-state index is -3.72. The third-order valence-electron chi connectivity index (χ3n) is 6.82. The number of piperazine rings is 1. The van der Waals surface area contributed by atoms with Gasteiger partial charge in [-0.15, -0.1) is 0 Å². The van der Waals surface area contributed by atoms with Crippen molar-refractivity contribution in [3.8, 4) is 0 Å². The molecule has 2 N–H and O–H groups in total. The lowest BCUT2D eigenvalue weighted by Gasteiger charge is -2.41. The molecule has 3 heterocycles. The summed E-state index contributed by atoms with van der Waals surface area (Å²) >= 11 is 6.04. The van der Waals surface area contributed by atoms with Crippen LogP contribution >= 0.6 is 11.6 Å². The average Bonchev–Trinajstić information content (AvgIpc) is 2.86. The number of fused-ring (bicyclic) bond motifs is 1. The number of likely N-dealkylation sites (tertiary alicyclic amines) is 1. The van der Waals surface area contributed by atoms with Crippen LogP contribution in [-0.4, -0.2) is 77.7 Å². The maximum atomic E-state index is 13.3. The van der Waals surface area contributed by atoms with Crippen LogP contribution in [0.5, 0.6) is 0 Å². The van der Waals surface area contributed by atoms with Crippen LogP contribution < -0.4 is 5.43 Å². The number of nitrogens with zero attached hydrogens (tertiary/aromatic N) is 4. The minimum Gasteiger partial charge on any atom is -0.376 e. The van der Waals surface area contributed by atoms with E-state index in [9.17, 15) is 13.5 Å². The van der Waals surface area contributed by atoms with Gasteiger partial charge in [-0.25, -0.2) is 18.9 Å². The van der Waals surface area contributed by atoms with Crippen molar-refractivity contribution < 1.29 is 13.5 Å². The molecular formula is C25H30ClN5O3S. The van der Waals surface area contributed by atoms with Gasteiger partial charge in [0.25, 0.3) is 0 Å². The van der Waals surface area contributed by atoms with E-state index < -0.39 is 16.3 Å². The highest BCUT2D eigenvalue weighted by Gasteiger charge is 2.34. The van der Waals surface area contributed by atoms with E-state index in [1.165, 1.54) is 9.87 Å². The number of aromatic nitrogens is 1. The van der Waals surface area contributed by atoms with E-state index in [4.69, 9.17) is 11.6 Å². The molecule has 2 aliphatic rings. The molecule has 10 heteroatoms. The molecule has 35 heavy (non-hydrogen) atoms. The van der Waals surface area contributed by atoms with Crippen molar-refractivity contribution in [2.45, 2.75) is 36.6 Å². The minimum absolute atomic E-state index is 0.0227. The fraction of sp³-hybridized carbons (Fsp3) is 0.400. The van der Waals surface area contributed by atoms with Crippen molar-refractivity contribution in [3.63, 3.8) is 0 Å². The molecule has 2 saturated heterocycles. The number of piperidine rings is 1. The third kappa shape index (κ3) is 5.67. The van der Waals surface area contributed by atoms with Gasteiger partial charge >= 0.3 is 0 Å². The molecule has 1 unspecified atom stereocenters. The highest BCUT2D eigenvalue weighted by atomic mass is 35.5. The highest BCUT2D eigenvalue weighted by Crippen LogP contribution is 2.26. The van der Waals surface area contributed by atoms with Crippen LogP contribution in [0.3, 0.4) is 0 Å². The SMILES string of the molecule is O=S(=O)(c1ccc2cc(Cl)ccc2c1)N1CCN(NC2CCN(Cc3ccncc3)CC2)C(O)C1. The van der Waals surface area contributed by atoms with Crippen LogP contribution in [-0.2, 0) is 16.6 Å². The molecule has 1 aromatic heterocycles. The van der Waals surface area contributed by atoms with Gasteiger partial charge in [0, 0.05) is 56.2 Å². The molecule has 0 bridgehead atoms. The lowest BCUT2D eigenvalue weighted by atomic mass is 10.0. The number of halogens is 1. The van der Waals surface area contributed by atoms with Crippen molar-refractivity contribution in [1.29, 1.82) is 0 Å². The monoisotopic (exact) mass is 515 g/mol.